The molecule has 0 radical (unpaired) electrons. The Morgan fingerprint density at radius 2 is 2.36 bits per heavy atom. The van der Waals surface area contributed by atoms with Gasteiger partial charge >= 0.3 is 0 Å². The molecule has 3 heterocycles. The van der Waals surface area contributed by atoms with E-state index in [-0.39, 0.29) is 30.8 Å². The van der Waals surface area contributed by atoms with Gasteiger partial charge in [-0.2, -0.15) is 4.98 Å². The van der Waals surface area contributed by atoms with Crippen molar-refractivity contribution in [2.45, 2.75) is 25.8 Å². The minimum absolute atomic E-state index is 0.0567. The van der Waals surface area contributed by atoms with Crippen molar-refractivity contribution in [1.82, 2.24) is 20.4 Å². The largest absolute Gasteiger partial charge is 0.369 e. The summed E-state index contributed by atoms with van der Waals surface area (Å²) in [4.78, 5) is 30.7. The van der Waals surface area contributed by atoms with Crippen molar-refractivity contribution in [3.63, 3.8) is 0 Å². The van der Waals surface area contributed by atoms with Gasteiger partial charge in [-0.05, 0) is 30.8 Å². The van der Waals surface area contributed by atoms with E-state index in [9.17, 15) is 9.59 Å². The lowest BCUT2D eigenvalue weighted by atomic mass is 9.97. The average Bonchev–Trinajstić information content (AvgIpc) is 3.25. The van der Waals surface area contributed by atoms with Gasteiger partial charge in [0.2, 0.25) is 17.7 Å². The van der Waals surface area contributed by atoms with Gasteiger partial charge in [-0.1, -0.05) is 11.2 Å². The Balaban J connectivity index is 1.47. The molecular weight excluding hydrogens is 342 g/mol. The van der Waals surface area contributed by atoms with E-state index in [1.54, 1.807) is 11.3 Å². The Hall–Kier alpha value is -2.26. The van der Waals surface area contributed by atoms with Crippen molar-refractivity contribution in [2.24, 2.45) is 11.7 Å². The van der Waals surface area contributed by atoms with Gasteiger partial charge < -0.3 is 15.6 Å². The smallest absolute Gasteiger partial charge is 0.231 e. The molecular formula is C16H21N5O3S. The molecule has 2 aromatic rings. The number of hydrogen-bond donors (Lipinski definition) is 2. The Labute approximate surface area is 149 Å². The van der Waals surface area contributed by atoms with Gasteiger partial charge in [-0.3, -0.25) is 14.5 Å². The number of likely N-dealkylation sites (tertiary alicyclic amines) is 1. The summed E-state index contributed by atoms with van der Waals surface area (Å²) in [6.45, 7) is 1.77. The number of primary amides is 1. The van der Waals surface area contributed by atoms with Crippen LogP contribution in [0.3, 0.4) is 0 Å². The molecule has 8 nitrogen and oxygen atoms in total. The van der Waals surface area contributed by atoms with Crippen LogP contribution in [0.15, 0.2) is 22.0 Å². The number of piperidine rings is 1. The Morgan fingerprint density at radius 1 is 1.48 bits per heavy atom. The second-order valence-electron chi connectivity index (χ2n) is 6.12. The van der Waals surface area contributed by atoms with E-state index >= 15 is 0 Å². The highest BCUT2D eigenvalue weighted by Crippen LogP contribution is 2.17. The number of amides is 2. The minimum atomic E-state index is -0.369. The second-order valence-corrected chi connectivity index (χ2v) is 7.15. The first-order valence-corrected chi connectivity index (χ1v) is 9.10. The third kappa shape index (κ3) is 5.10. The molecule has 0 aromatic carbocycles. The summed E-state index contributed by atoms with van der Waals surface area (Å²) in [6.07, 6.45) is 2.28. The van der Waals surface area contributed by atoms with Crippen LogP contribution in [0.25, 0.3) is 0 Å². The van der Waals surface area contributed by atoms with Crippen molar-refractivity contribution in [3.05, 3.63) is 34.1 Å². The zero-order chi connectivity index (χ0) is 17.6. The third-order valence-electron chi connectivity index (χ3n) is 4.09. The number of nitrogens with two attached hydrogens (primary N) is 1. The SMILES string of the molecule is NC(=O)CN1CCC[C@@H](C(=O)NCc2noc(Cc3cccs3)n2)C1. The van der Waals surface area contributed by atoms with Crippen LogP contribution in [0.5, 0.6) is 0 Å². The molecule has 0 aliphatic carbocycles. The first kappa shape index (κ1) is 17.6. The van der Waals surface area contributed by atoms with Gasteiger partial charge in [0.25, 0.3) is 0 Å². The van der Waals surface area contributed by atoms with Crippen LogP contribution in [-0.2, 0) is 22.6 Å². The molecule has 1 aliphatic heterocycles. The van der Waals surface area contributed by atoms with Gasteiger partial charge in [-0.25, -0.2) is 0 Å². The van der Waals surface area contributed by atoms with E-state index in [0.717, 1.165) is 24.3 Å². The molecule has 25 heavy (non-hydrogen) atoms. The molecule has 2 aromatic heterocycles. The number of aromatic nitrogens is 2. The Kier molecular flexibility index (Phi) is 5.77. The van der Waals surface area contributed by atoms with Crippen LogP contribution in [0.4, 0.5) is 0 Å². The average molecular weight is 363 g/mol. The van der Waals surface area contributed by atoms with E-state index in [1.165, 1.54) is 0 Å². The molecule has 0 spiro atoms. The summed E-state index contributed by atoms with van der Waals surface area (Å²) in [6, 6.07) is 3.99. The molecule has 3 N–H and O–H groups in total. The molecule has 1 fully saturated rings. The van der Waals surface area contributed by atoms with Crippen molar-refractivity contribution >= 4 is 23.2 Å². The number of nitrogens with one attached hydrogen (secondary N) is 1. The minimum Gasteiger partial charge on any atom is -0.369 e. The molecule has 0 saturated carbocycles. The lowest BCUT2D eigenvalue weighted by Gasteiger charge is -2.30. The Bertz CT molecular complexity index is 715. The molecule has 134 valence electrons. The first-order chi connectivity index (χ1) is 12.1. The lowest BCUT2D eigenvalue weighted by Crippen LogP contribution is -2.45. The zero-order valence-electron chi connectivity index (χ0n) is 13.8. The molecule has 9 heteroatoms. The molecule has 1 atom stereocenters. The number of nitrogens with zero attached hydrogens (tertiary/aromatic N) is 3. The van der Waals surface area contributed by atoms with Crippen molar-refractivity contribution in [2.75, 3.05) is 19.6 Å². The molecule has 1 saturated heterocycles. The van der Waals surface area contributed by atoms with Gasteiger partial charge in [0.05, 0.1) is 25.4 Å². The quantitative estimate of drug-likeness (QED) is 0.742. The van der Waals surface area contributed by atoms with Gasteiger partial charge in [0.1, 0.15) is 0 Å². The highest BCUT2D eigenvalue weighted by molar-refractivity contribution is 7.09. The number of rotatable bonds is 7. The zero-order valence-corrected chi connectivity index (χ0v) is 14.6. The van der Waals surface area contributed by atoms with Crippen LogP contribution in [0, 0.1) is 5.92 Å². The molecule has 3 rings (SSSR count). The molecule has 0 bridgehead atoms. The van der Waals surface area contributed by atoms with Gasteiger partial charge in [0, 0.05) is 11.4 Å². The van der Waals surface area contributed by atoms with Crippen molar-refractivity contribution < 1.29 is 14.1 Å². The number of carbonyl (C=O) groups excluding carboxylic acids is 2. The molecule has 2 amide bonds. The summed E-state index contributed by atoms with van der Waals surface area (Å²) in [5.41, 5.74) is 5.22. The number of hydrogen-bond acceptors (Lipinski definition) is 7. The van der Waals surface area contributed by atoms with Crippen LogP contribution in [0.2, 0.25) is 0 Å². The number of thiophene rings is 1. The predicted molar refractivity (Wildman–Crippen MR) is 91.6 cm³/mol. The number of carbonyl (C=O) groups is 2. The van der Waals surface area contributed by atoms with E-state index < -0.39 is 0 Å². The first-order valence-electron chi connectivity index (χ1n) is 8.22. The third-order valence-corrected chi connectivity index (χ3v) is 4.97. The van der Waals surface area contributed by atoms with Crippen molar-refractivity contribution in [1.29, 1.82) is 0 Å². The fraction of sp³-hybridized carbons (Fsp3) is 0.500. The van der Waals surface area contributed by atoms with Crippen LogP contribution in [0.1, 0.15) is 29.4 Å². The topological polar surface area (TPSA) is 114 Å². The van der Waals surface area contributed by atoms with Gasteiger partial charge in [0.15, 0.2) is 5.82 Å². The molecule has 1 aliphatic rings. The van der Waals surface area contributed by atoms with Crippen LogP contribution in [-0.4, -0.2) is 46.5 Å². The fourth-order valence-corrected chi connectivity index (χ4v) is 3.64. The molecule has 0 unspecified atom stereocenters. The van der Waals surface area contributed by atoms with E-state index in [0.29, 0.717) is 24.7 Å². The van der Waals surface area contributed by atoms with E-state index in [4.69, 9.17) is 10.3 Å². The predicted octanol–water partition coefficient (Wildman–Crippen LogP) is 0.535. The fourth-order valence-electron chi connectivity index (χ4n) is 2.94. The van der Waals surface area contributed by atoms with E-state index in [2.05, 4.69) is 15.5 Å². The van der Waals surface area contributed by atoms with Gasteiger partial charge in [-0.15, -0.1) is 11.3 Å². The monoisotopic (exact) mass is 363 g/mol. The van der Waals surface area contributed by atoms with E-state index in [1.807, 2.05) is 22.4 Å². The van der Waals surface area contributed by atoms with Crippen LogP contribution < -0.4 is 11.1 Å². The summed E-state index contributed by atoms with van der Waals surface area (Å²) >= 11 is 1.63. The maximum atomic E-state index is 12.3. The second kappa shape index (κ2) is 8.21. The normalized spacial score (nSPS) is 18.2. The maximum absolute atomic E-state index is 12.3. The standard InChI is InChI=1S/C16H21N5O3S/c17-13(22)10-21-5-1-3-11(9-21)16(23)18-8-14-19-15(24-20-14)7-12-4-2-6-25-12/h2,4,6,11H,1,3,5,7-10H2,(H2,17,22)(H,18,23)/t11-/m1/s1. The summed E-state index contributed by atoms with van der Waals surface area (Å²) in [5, 5.41) is 8.75. The lowest BCUT2D eigenvalue weighted by molar-refractivity contribution is -0.128. The summed E-state index contributed by atoms with van der Waals surface area (Å²) < 4.78 is 5.21. The summed E-state index contributed by atoms with van der Waals surface area (Å²) in [7, 11) is 0. The Morgan fingerprint density at radius 3 is 3.12 bits per heavy atom. The maximum Gasteiger partial charge on any atom is 0.231 e. The van der Waals surface area contributed by atoms with Crippen molar-refractivity contribution in [3.8, 4) is 0 Å². The highest BCUT2D eigenvalue weighted by atomic mass is 32.1. The summed E-state index contributed by atoms with van der Waals surface area (Å²) in [5.74, 6) is 0.428. The highest BCUT2D eigenvalue weighted by Gasteiger charge is 2.26. The van der Waals surface area contributed by atoms with Crippen LogP contribution >= 0.6 is 11.3 Å².